The highest BCUT2D eigenvalue weighted by Crippen LogP contribution is 2.55. The summed E-state index contributed by atoms with van der Waals surface area (Å²) < 4.78 is 0. The number of hydrogen-bond donors (Lipinski definition) is 0. The molecule has 2 aliphatic carbocycles. The SMILES string of the molecule is CC1(C)c2ccccc2-c2ccc(N(c3ccc(-c4ccccc4)cc3)c3cccc4c3C(C)(C)c3ccccc3-4)cc21. The second-order valence-electron chi connectivity index (χ2n) is 13.0. The molecule has 6 aromatic carbocycles. The van der Waals surface area contributed by atoms with Gasteiger partial charge in [-0.25, -0.2) is 0 Å². The first-order valence-corrected chi connectivity index (χ1v) is 15.3. The van der Waals surface area contributed by atoms with E-state index in [1.807, 2.05) is 0 Å². The van der Waals surface area contributed by atoms with Gasteiger partial charge in [-0.1, -0.05) is 137 Å². The quantitative estimate of drug-likeness (QED) is 0.210. The molecule has 0 radical (unpaired) electrons. The largest absolute Gasteiger partial charge is 0.310 e. The van der Waals surface area contributed by atoms with E-state index in [2.05, 4.69) is 172 Å². The van der Waals surface area contributed by atoms with Crippen molar-refractivity contribution < 1.29 is 0 Å². The Balaban J connectivity index is 1.35. The van der Waals surface area contributed by atoms with Gasteiger partial charge in [-0.3, -0.25) is 0 Å². The lowest BCUT2D eigenvalue weighted by atomic mass is 9.81. The molecule has 208 valence electrons. The number of benzene rings is 6. The van der Waals surface area contributed by atoms with Crippen molar-refractivity contribution in [2.75, 3.05) is 4.90 Å². The lowest BCUT2D eigenvalue weighted by Gasteiger charge is -2.33. The molecule has 0 N–H and O–H groups in total. The predicted molar refractivity (Wildman–Crippen MR) is 182 cm³/mol. The Bertz CT molecular complexity index is 2010. The predicted octanol–water partition coefficient (Wildman–Crippen LogP) is 11.4. The van der Waals surface area contributed by atoms with Gasteiger partial charge in [0.25, 0.3) is 0 Å². The molecule has 8 rings (SSSR count). The molecular formula is C42H35N. The highest BCUT2D eigenvalue weighted by Gasteiger charge is 2.40. The van der Waals surface area contributed by atoms with E-state index in [1.165, 1.54) is 67.0 Å². The van der Waals surface area contributed by atoms with Crippen molar-refractivity contribution in [2.24, 2.45) is 0 Å². The second-order valence-corrected chi connectivity index (χ2v) is 13.0. The van der Waals surface area contributed by atoms with Gasteiger partial charge in [-0.05, 0) is 86.0 Å². The van der Waals surface area contributed by atoms with E-state index < -0.39 is 0 Å². The molecule has 0 saturated carbocycles. The van der Waals surface area contributed by atoms with Crippen molar-refractivity contribution >= 4 is 17.1 Å². The van der Waals surface area contributed by atoms with Crippen LogP contribution in [0, 0.1) is 0 Å². The Hall–Kier alpha value is -4.88. The normalized spacial score (nSPS) is 14.9. The van der Waals surface area contributed by atoms with Crippen molar-refractivity contribution in [2.45, 2.75) is 38.5 Å². The van der Waals surface area contributed by atoms with Crippen LogP contribution in [0.4, 0.5) is 17.1 Å². The molecule has 0 atom stereocenters. The molecule has 2 aliphatic rings. The molecule has 0 saturated heterocycles. The highest BCUT2D eigenvalue weighted by molar-refractivity contribution is 5.92. The summed E-state index contributed by atoms with van der Waals surface area (Å²) in [6.45, 7) is 9.47. The molecule has 0 fully saturated rings. The van der Waals surface area contributed by atoms with E-state index in [1.54, 1.807) is 0 Å². The Labute approximate surface area is 255 Å². The van der Waals surface area contributed by atoms with Crippen LogP contribution >= 0.6 is 0 Å². The topological polar surface area (TPSA) is 3.24 Å². The first kappa shape index (κ1) is 25.8. The Morgan fingerprint density at radius 2 is 0.930 bits per heavy atom. The monoisotopic (exact) mass is 553 g/mol. The summed E-state index contributed by atoms with van der Waals surface area (Å²) in [5.74, 6) is 0. The smallest absolute Gasteiger partial charge is 0.0508 e. The maximum atomic E-state index is 2.49. The molecule has 43 heavy (non-hydrogen) atoms. The number of nitrogens with zero attached hydrogens (tertiary/aromatic N) is 1. The summed E-state index contributed by atoms with van der Waals surface area (Å²) in [5.41, 5.74) is 16.8. The van der Waals surface area contributed by atoms with Gasteiger partial charge >= 0.3 is 0 Å². The first-order valence-electron chi connectivity index (χ1n) is 15.3. The third-order valence-corrected chi connectivity index (χ3v) is 9.86. The fourth-order valence-electron chi connectivity index (χ4n) is 7.70. The van der Waals surface area contributed by atoms with Crippen molar-refractivity contribution in [3.05, 3.63) is 162 Å². The third-order valence-electron chi connectivity index (χ3n) is 9.86. The highest BCUT2D eigenvalue weighted by atomic mass is 15.1. The zero-order valence-electron chi connectivity index (χ0n) is 25.2. The van der Waals surface area contributed by atoms with Crippen LogP contribution in [0.2, 0.25) is 0 Å². The van der Waals surface area contributed by atoms with E-state index in [0.717, 1.165) is 5.69 Å². The Morgan fingerprint density at radius 1 is 0.395 bits per heavy atom. The zero-order chi connectivity index (χ0) is 29.3. The standard InChI is InChI=1S/C42H35N/c1-41(2)36-18-10-8-15-32(36)34-26-25-31(27-38(34)41)43(30-23-21-29(22-24-30)28-13-6-5-7-14-28)39-20-12-17-35-33-16-9-11-19-37(33)42(3,4)40(35)39/h5-27H,1-4H3. The van der Waals surface area contributed by atoms with Gasteiger partial charge in [0.15, 0.2) is 0 Å². The van der Waals surface area contributed by atoms with Crippen LogP contribution in [0.3, 0.4) is 0 Å². The van der Waals surface area contributed by atoms with Crippen LogP contribution in [-0.2, 0) is 10.8 Å². The van der Waals surface area contributed by atoms with Crippen LogP contribution in [0.1, 0.15) is 49.9 Å². The van der Waals surface area contributed by atoms with Crippen LogP contribution in [0.25, 0.3) is 33.4 Å². The minimum atomic E-state index is -0.128. The molecule has 0 spiro atoms. The molecule has 1 nitrogen and oxygen atoms in total. The average Bonchev–Trinajstić information content (AvgIpc) is 3.42. The van der Waals surface area contributed by atoms with E-state index in [4.69, 9.17) is 0 Å². The van der Waals surface area contributed by atoms with Gasteiger partial charge in [0.1, 0.15) is 0 Å². The first-order chi connectivity index (χ1) is 20.9. The van der Waals surface area contributed by atoms with Crippen molar-refractivity contribution in [3.8, 4) is 33.4 Å². The summed E-state index contributed by atoms with van der Waals surface area (Å²) in [6.07, 6.45) is 0. The number of rotatable bonds is 4. The lowest BCUT2D eigenvalue weighted by Crippen LogP contribution is -2.21. The van der Waals surface area contributed by atoms with Crippen molar-refractivity contribution in [1.29, 1.82) is 0 Å². The summed E-state index contributed by atoms with van der Waals surface area (Å²) >= 11 is 0. The zero-order valence-corrected chi connectivity index (χ0v) is 25.2. The fraction of sp³-hybridized carbons (Fsp3) is 0.143. The maximum absolute atomic E-state index is 2.49. The molecule has 0 unspecified atom stereocenters. The number of fused-ring (bicyclic) bond motifs is 6. The molecule has 0 bridgehead atoms. The van der Waals surface area contributed by atoms with Gasteiger partial charge in [0.05, 0.1) is 5.69 Å². The summed E-state index contributed by atoms with van der Waals surface area (Å²) in [6, 6.07) is 51.4. The summed E-state index contributed by atoms with van der Waals surface area (Å²) in [4.78, 5) is 2.49. The second kappa shape index (κ2) is 9.31. The molecule has 6 aromatic rings. The van der Waals surface area contributed by atoms with Gasteiger partial charge in [-0.15, -0.1) is 0 Å². The minimum Gasteiger partial charge on any atom is -0.310 e. The van der Waals surface area contributed by atoms with Crippen LogP contribution in [0.5, 0.6) is 0 Å². The van der Waals surface area contributed by atoms with Crippen LogP contribution < -0.4 is 4.90 Å². The summed E-state index contributed by atoms with van der Waals surface area (Å²) in [7, 11) is 0. The van der Waals surface area contributed by atoms with Gasteiger partial charge < -0.3 is 4.90 Å². The minimum absolute atomic E-state index is 0.0705. The van der Waals surface area contributed by atoms with E-state index in [-0.39, 0.29) is 10.8 Å². The fourth-order valence-corrected chi connectivity index (χ4v) is 7.70. The van der Waals surface area contributed by atoms with E-state index in [9.17, 15) is 0 Å². The molecule has 0 heterocycles. The molecule has 1 heteroatoms. The van der Waals surface area contributed by atoms with Crippen molar-refractivity contribution in [3.63, 3.8) is 0 Å². The van der Waals surface area contributed by atoms with E-state index in [0.29, 0.717) is 0 Å². The molecule has 0 aromatic heterocycles. The molecule has 0 aliphatic heterocycles. The summed E-state index contributed by atoms with van der Waals surface area (Å²) in [5, 5.41) is 0. The third kappa shape index (κ3) is 3.78. The number of hydrogen-bond acceptors (Lipinski definition) is 1. The van der Waals surface area contributed by atoms with Crippen molar-refractivity contribution in [1.82, 2.24) is 0 Å². The van der Waals surface area contributed by atoms with Gasteiger partial charge in [0.2, 0.25) is 0 Å². The average molecular weight is 554 g/mol. The lowest BCUT2D eigenvalue weighted by molar-refractivity contribution is 0.658. The van der Waals surface area contributed by atoms with Crippen LogP contribution in [0.15, 0.2) is 140 Å². The maximum Gasteiger partial charge on any atom is 0.0508 e. The Morgan fingerprint density at radius 3 is 1.65 bits per heavy atom. The van der Waals surface area contributed by atoms with Crippen LogP contribution in [-0.4, -0.2) is 0 Å². The number of anilines is 3. The van der Waals surface area contributed by atoms with Gasteiger partial charge in [-0.2, -0.15) is 0 Å². The Kier molecular flexibility index (Phi) is 5.59. The van der Waals surface area contributed by atoms with Gasteiger partial charge in [0, 0.05) is 22.2 Å². The van der Waals surface area contributed by atoms with E-state index >= 15 is 0 Å². The molecular weight excluding hydrogens is 518 g/mol. The molecule has 0 amide bonds.